The second kappa shape index (κ2) is 5.90. The van der Waals surface area contributed by atoms with Crippen LogP contribution in [0.25, 0.3) is 0 Å². The lowest BCUT2D eigenvalue weighted by Gasteiger charge is -2.07. The largest absolute Gasteiger partial charge is 0.363 e. The normalized spacial score (nSPS) is 11.3. The van der Waals surface area contributed by atoms with Crippen molar-refractivity contribution in [2.75, 3.05) is 11.6 Å². The van der Waals surface area contributed by atoms with Crippen molar-refractivity contribution < 1.29 is 8.42 Å². The van der Waals surface area contributed by atoms with Crippen LogP contribution in [0.5, 0.6) is 0 Å². The second-order valence-electron chi connectivity index (χ2n) is 3.99. The van der Waals surface area contributed by atoms with Crippen LogP contribution in [0.4, 0.5) is 5.82 Å². The van der Waals surface area contributed by atoms with E-state index in [4.69, 9.17) is 23.2 Å². The number of nitrogens with one attached hydrogen (secondary N) is 1. The number of aromatic nitrogens is 3. The lowest BCUT2D eigenvalue weighted by Crippen LogP contribution is -2.05. The first kappa shape index (κ1) is 15.0. The molecule has 6 nitrogen and oxygen atoms in total. The summed E-state index contributed by atoms with van der Waals surface area (Å²) in [7, 11) is -3.19. The summed E-state index contributed by atoms with van der Waals surface area (Å²) in [5.74, 6) is 0.318. The van der Waals surface area contributed by atoms with E-state index in [1.807, 2.05) is 0 Å². The number of sulfone groups is 1. The van der Waals surface area contributed by atoms with Gasteiger partial charge >= 0.3 is 0 Å². The number of hydrogen-bond acceptors (Lipinski definition) is 6. The molecule has 2 aromatic rings. The topological polar surface area (TPSA) is 84.8 Å². The van der Waals surface area contributed by atoms with E-state index in [2.05, 4.69) is 20.5 Å². The van der Waals surface area contributed by atoms with Gasteiger partial charge in [0.05, 0.1) is 4.90 Å². The highest BCUT2D eigenvalue weighted by Gasteiger charge is 2.08. The van der Waals surface area contributed by atoms with E-state index in [0.29, 0.717) is 12.4 Å². The molecule has 1 N–H and O–H groups in total. The van der Waals surface area contributed by atoms with E-state index in [0.717, 1.165) is 11.8 Å². The molecular weight excluding hydrogens is 323 g/mol. The fraction of sp³-hybridized carbons (Fsp3) is 0.182. The maximum Gasteiger partial charge on any atom is 0.245 e. The molecule has 106 valence electrons. The molecule has 1 aromatic carbocycles. The zero-order valence-electron chi connectivity index (χ0n) is 10.3. The van der Waals surface area contributed by atoms with Crippen LogP contribution in [-0.2, 0) is 16.4 Å². The van der Waals surface area contributed by atoms with E-state index in [9.17, 15) is 8.42 Å². The highest BCUT2D eigenvalue weighted by atomic mass is 35.5. The number of rotatable bonds is 4. The maximum atomic E-state index is 11.3. The van der Waals surface area contributed by atoms with Gasteiger partial charge in [-0.05, 0) is 29.3 Å². The summed E-state index contributed by atoms with van der Waals surface area (Å²) in [5, 5.41) is 10.2. The fourth-order valence-electron chi connectivity index (χ4n) is 1.45. The van der Waals surface area contributed by atoms with Crippen LogP contribution in [0.15, 0.2) is 29.2 Å². The monoisotopic (exact) mass is 332 g/mol. The lowest BCUT2D eigenvalue weighted by molar-refractivity contribution is 0.602. The summed E-state index contributed by atoms with van der Waals surface area (Å²) in [6.45, 7) is 0.402. The van der Waals surface area contributed by atoms with Gasteiger partial charge in [0, 0.05) is 12.8 Å². The standard InChI is InChI=1S/C11H10Cl2N4O2S/c1-20(18,19)8-4-2-7(3-5-8)6-14-10-9(12)16-17-11(13)15-10/h2-5H,6H2,1H3,(H,14,15,17). The average molecular weight is 333 g/mol. The van der Waals surface area contributed by atoms with Crippen molar-refractivity contribution in [2.45, 2.75) is 11.4 Å². The van der Waals surface area contributed by atoms with E-state index < -0.39 is 9.84 Å². The van der Waals surface area contributed by atoms with Gasteiger partial charge in [0.25, 0.3) is 0 Å². The molecule has 0 bridgehead atoms. The number of nitrogens with zero attached hydrogens (tertiary/aromatic N) is 3. The molecule has 0 unspecified atom stereocenters. The highest BCUT2D eigenvalue weighted by molar-refractivity contribution is 7.90. The van der Waals surface area contributed by atoms with E-state index >= 15 is 0 Å². The fourth-order valence-corrected chi connectivity index (χ4v) is 2.35. The van der Waals surface area contributed by atoms with Gasteiger partial charge in [-0.1, -0.05) is 23.7 Å². The van der Waals surface area contributed by atoms with Gasteiger partial charge < -0.3 is 5.32 Å². The smallest absolute Gasteiger partial charge is 0.245 e. The third kappa shape index (κ3) is 3.78. The first-order valence-electron chi connectivity index (χ1n) is 5.45. The minimum absolute atomic E-state index is 0.00988. The Kier molecular flexibility index (Phi) is 4.42. The Morgan fingerprint density at radius 2 is 1.80 bits per heavy atom. The molecule has 0 aliphatic carbocycles. The van der Waals surface area contributed by atoms with Crippen molar-refractivity contribution in [1.29, 1.82) is 0 Å². The predicted octanol–water partition coefficient (Wildman–Crippen LogP) is 2.19. The Bertz CT molecular complexity index is 720. The molecule has 1 heterocycles. The molecule has 2 rings (SSSR count). The Hall–Kier alpha value is -1.44. The molecule has 0 saturated carbocycles. The van der Waals surface area contributed by atoms with Crippen LogP contribution in [-0.4, -0.2) is 29.9 Å². The third-order valence-corrected chi connectivity index (χ3v) is 3.97. The highest BCUT2D eigenvalue weighted by Crippen LogP contribution is 2.18. The maximum absolute atomic E-state index is 11.3. The Labute approximate surface area is 126 Å². The zero-order chi connectivity index (χ0) is 14.8. The summed E-state index contributed by atoms with van der Waals surface area (Å²) in [5.41, 5.74) is 0.864. The molecule has 9 heteroatoms. The Morgan fingerprint density at radius 1 is 1.15 bits per heavy atom. The SMILES string of the molecule is CS(=O)(=O)c1ccc(CNc2nc(Cl)nnc2Cl)cc1. The van der Waals surface area contributed by atoms with Crippen molar-refractivity contribution in [3.8, 4) is 0 Å². The number of hydrogen-bond donors (Lipinski definition) is 1. The molecule has 0 radical (unpaired) electrons. The van der Waals surface area contributed by atoms with Crippen molar-refractivity contribution >= 4 is 38.9 Å². The third-order valence-electron chi connectivity index (χ3n) is 2.43. The molecular formula is C11H10Cl2N4O2S. The molecule has 20 heavy (non-hydrogen) atoms. The van der Waals surface area contributed by atoms with Crippen LogP contribution >= 0.6 is 23.2 Å². The molecule has 0 amide bonds. The van der Waals surface area contributed by atoms with Gasteiger partial charge in [-0.2, -0.15) is 4.98 Å². The van der Waals surface area contributed by atoms with Crippen molar-refractivity contribution in [3.63, 3.8) is 0 Å². The Balaban J connectivity index is 2.10. The first-order valence-corrected chi connectivity index (χ1v) is 8.09. The minimum atomic E-state index is -3.19. The van der Waals surface area contributed by atoms with Gasteiger partial charge in [-0.25, -0.2) is 8.42 Å². The second-order valence-corrected chi connectivity index (χ2v) is 6.70. The quantitative estimate of drug-likeness (QED) is 0.923. The van der Waals surface area contributed by atoms with Gasteiger partial charge in [0.1, 0.15) is 0 Å². The zero-order valence-corrected chi connectivity index (χ0v) is 12.7. The summed E-state index contributed by atoms with van der Waals surface area (Å²) >= 11 is 11.4. The Morgan fingerprint density at radius 3 is 2.40 bits per heavy atom. The van der Waals surface area contributed by atoms with Crippen LogP contribution in [0.2, 0.25) is 10.4 Å². The number of benzene rings is 1. The summed E-state index contributed by atoms with van der Waals surface area (Å²) < 4.78 is 22.7. The number of halogens is 2. The van der Waals surface area contributed by atoms with Gasteiger partial charge in [-0.15, -0.1) is 10.2 Å². The number of anilines is 1. The van der Waals surface area contributed by atoms with Crippen molar-refractivity contribution in [3.05, 3.63) is 40.3 Å². The van der Waals surface area contributed by atoms with Crippen molar-refractivity contribution in [2.24, 2.45) is 0 Å². The van der Waals surface area contributed by atoms with Crippen molar-refractivity contribution in [1.82, 2.24) is 15.2 Å². The minimum Gasteiger partial charge on any atom is -0.363 e. The van der Waals surface area contributed by atoms with Gasteiger partial charge in [0.2, 0.25) is 5.28 Å². The van der Waals surface area contributed by atoms with Crippen LogP contribution in [0.3, 0.4) is 0 Å². The van der Waals surface area contributed by atoms with Crippen LogP contribution < -0.4 is 5.32 Å². The summed E-state index contributed by atoms with van der Waals surface area (Å²) in [6.07, 6.45) is 1.16. The van der Waals surface area contributed by atoms with Gasteiger partial charge in [0.15, 0.2) is 20.8 Å². The van der Waals surface area contributed by atoms with E-state index in [1.165, 1.54) is 0 Å². The van der Waals surface area contributed by atoms with Gasteiger partial charge in [-0.3, -0.25) is 0 Å². The molecule has 0 aliphatic heterocycles. The van der Waals surface area contributed by atoms with E-state index in [1.54, 1.807) is 24.3 Å². The molecule has 0 fully saturated rings. The predicted molar refractivity (Wildman–Crippen MR) is 76.7 cm³/mol. The first-order chi connectivity index (χ1) is 9.36. The van der Waals surface area contributed by atoms with E-state index in [-0.39, 0.29) is 15.3 Å². The molecule has 0 atom stereocenters. The summed E-state index contributed by atoms with van der Waals surface area (Å²) in [4.78, 5) is 4.17. The summed E-state index contributed by atoms with van der Waals surface area (Å²) in [6, 6.07) is 6.49. The lowest BCUT2D eigenvalue weighted by atomic mass is 10.2. The average Bonchev–Trinajstić information content (AvgIpc) is 2.39. The molecule has 0 saturated heterocycles. The molecule has 0 aliphatic rings. The molecule has 0 spiro atoms. The van der Waals surface area contributed by atoms with Crippen LogP contribution in [0.1, 0.15) is 5.56 Å². The van der Waals surface area contributed by atoms with Crippen LogP contribution in [0, 0.1) is 0 Å². The molecule has 1 aromatic heterocycles.